The third-order valence-electron chi connectivity index (χ3n) is 4.07. The van der Waals surface area contributed by atoms with Crippen molar-refractivity contribution in [2.75, 3.05) is 11.9 Å². The molecule has 0 saturated heterocycles. The predicted molar refractivity (Wildman–Crippen MR) is 94.8 cm³/mol. The van der Waals surface area contributed by atoms with Crippen LogP contribution in [0.4, 0.5) is 5.69 Å². The molecule has 0 radical (unpaired) electrons. The Labute approximate surface area is 143 Å². The normalized spacial score (nSPS) is 17.4. The fourth-order valence-electron chi connectivity index (χ4n) is 2.96. The average molecular weight is 385 g/mol. The highest BCUT2D eigenvalue weighted by atomic mass is 79.9. The second kappa shape index (κ2) is 6.60. The highest BCUT2D eigenvalue weighted by Crippen LogP contribution is 2.37. The molecule has 3 rings (SSSR count). The lowest BCUT2D eigenvalue weighted by molar-refractivity contribution is 0.572. The number of aryl methyl sites for hydroxylation is 1. The van der Waals surface area contributed by atoms with Gasteiger partial charge in [-0.05, 0) is 58.5 Å². The van der Waals surface area contributed by atoms with E-state index >= 15 is 0 Å². The predicted octanol–water partition coefficient (Wildman–Crippen LogP) is 6.29. The Kier molecular flexibility index (Phi) is 4.78. The van der Waals surface area contributed by atoms with Gasteiger partial charge >= 0.3 is 0 Å². The van der Waals surface area contributed by atoms with Crippen molar-refractivity contribution in [2.45, 2.75) is 25.2 Å². The fourth-order valence-corrected chi connectivity index (χ4v) is 3.80. The molecule has 1 atom stereocenters. The molecule has 0 saturated carbocycles. The van der Waals surface area contributed by atoms with Crippen molar-refractivity contribution in [3.05, 3.63) is 62.0 Å². The van der Waals surface area contributed by atoms with Gasteiger partial charge < -0.3 is 5.32 Å². The highest BCUT2D eigenvalue weighted by molar-refractivity contribution is 9.10. The van der Waals surface area contributed by atoms with Gasteiger partial charge in [0.1, 0.15) is 0 Å². The van der Waals surface area contributed by atoms with E-state index in [1.165, 1.54) is 30.4 Å². The number of halogens is 3. The molecule has 4 heteroatoms. The van der Waals surface area contributed by atoms with Crippen molar-refractivity contribution in [2.24, 2.45) is 0 Å². The van der Waals surface area contributed by atoms with Gasteiger partial charge in [0.05, 0.1) is 15.7 Å². The SMILES string of the molecule is Clc1c(Br)ccc(NCC2CCCc3ccccc32)c1Cl. The molecule has 0 amide bonds. The average Bonchev–Trinajstić information content (AvgIpc) is 2.52. The Hall–Kier alpha value is -0.700. The zero-order valence-electron chi connectivity index (χ0n) is 11.5. The van der Waals surface area contributed by atoms with Crippen LogP contribution in [0, 0.1) is 0 Å². The highest BCUT2D eigenvalue weighted by Gasteiger charge is 2.20. The number of hydrogen-bond acceptors (Lipinski definition) is 1. The smallest absolute Gasteiger partial charge is 0.0835 e. The molecule has 0 heterocycles. The van der Waals surface area contributed by atoms with E-state index in [2.05, 4.69) is 45.5 Å². The van der Waals surface area contributed by atoms with E-state index in [9.17, 15) is 0 Å². The zero-order valence-corrected chi connectivity index (χ0v) is 14.6. The summed E-state index contributed by atoms with van der Waals surface area (Å²) in [5.74, 6) is 0.536. The van der Waals surface area contributed by atoms with Crippen LogP contribution in [0.1, 0.15) is 29.9 Å². The van der Waals surface area contributed by atoms with Gasteiger partial charge in [0.15, 0.2) is 0 Å². The van der Waals surface area contributed by atoms with E-state index in [1.807, 2.05) is 12.1 Å². The standard InChI is InChI=1S/C17H16BrCl2N/c18-14-8-9-15(17(20)16(14)19)21-10-12-6-3-5-11-4-1-2-7-13(11)12/h1-2,4,7-9,12,21H,3,5-6,10H2. The van der Waals surface area contributed by atoms with Gasteiger partial charge in [-0.15, -0.1) is 0 Å². The quantitative estimate of drug-likeness (QED) is 0.613. The molecule has 0 aromatic heterocycles. The summed E-state index contributed by atoms with van der Waals surface area (Å²) in [6, 6.07) is 12.6. The first kappa shape index (κ1) is 15.2. The van der Waals surface area contributed by atoms with Crippen LogP contribution >= 0.6 is 39.1 Å². The summed E-state index contributed by atoms with van der Waals surface area (Å²) in [7, 11) is 0. The van der Waals surface area contributed by atoms with Gasteiger partial charge in [-0.25, -0.2) is 0 Å². The topological polar surface area (TPSA) is 12.0 Å². The van der Waals surface area contributed by atoms with Crippen LogP contribution in [0.2, 0.25) is 10.0 Å². The Morgan fingerprint density at radius 2 is 1.90 bits per heavy atom. The minimum absolute atomic E-state index is 0.536. The van der Waals surface area contributed by atoms with Gasteiger partial charge in [0.25, 0.3) is 0 Å². The Morgan fingerprint density at radius 3 is 2.76 bits per heavy atom. The maximum Gasteiger partial charge on any atom is 0.0835 e. The van der Waals surface area contributed by atoms with E-state index in [-0.39, 0.29) is 0 Å². The molecule has 0 fully saturated rings. The van der Waals surface area contributed by atoms with Gasteiger partial charge in [0.2, 0.25) is 0 Å². The van der Waals surface area contributed by atoms with Gasteiger partial charge in [-0.2, -0.15) is 0 Å². The minimum atomic E-state index is 0.536. The third-order valence-corrected chi connectivity index (χ3v) is 5.84. The Bertz CT molecular complexity index is 657. The van der Waals surface area contributed by atoms with Crippen molar-refractivity contribution < 1.29 is 0 Å². The largest absolute Gasteiger partial charge is 0.383 e. The van der Waals surface area contributed by atoms with Crippen LogP contribution in [-0.4, -0.2) is 6.54 Å². The number of benzene rings is 2. The zero-order chi connectivity index (χ0) is 14.8. The summed E-state index contributed by atoms with van der Waals surface area (Å²) >= 11 is 15.8. The number of anilines is 1. The monoisotopic (exact) mass is 383 g/mol. The van der Waals surface area contributed by atoms with Crippen LogP contribution in [0.15, 0.2) is 40.9 Å². The van der Waals surface area contributed by atoms with Gasteiger partial charge in [-0.1, -0.05) is 47.5 Å². The van der Waals surface area contributed by atoms with E-state index < -0.39 is 0 Å². The second-order valence-electron chi connectivity index (χ2n) is 5.39. The summed E-state index contributed by atoms with van der Waals surface area (Å²) in [6.45, 7) is 0.884. The molecule has 0 aliphatic heterocycles. The fraction of sp³-hybridized carbons (Fsp3) is 0.294. The Balaban J connectivity index is 1.76. The lowest BCUT2D eigenvalue weighted by Gasteiger charge is -2.26. The summed E-state index contributed by atoms with van der Waals surface area (Å²) in [5.41, 5.74) is 3.85. The second-order valence-corrected chi connectivity index (χ2v) is 7.00. The van der Waals surface area contributed by atoms with Crippen LogP contribution in [0.3, 0.4) is 0 Å². The third kappa shape index (κ3) is 3.23. The lowest BCUT2D eigenvalue weighted by Crippen LogP contribution is -2.18. The van der Waals surface area contributed by atoms with E-state index in [1.54, 1.807) is 0 Å². The van der Waals surface area contributed by atoms with Crippen LogP contribution in [-0.2, 0) is 6.42 Å². The number of hydrogen-bond donors (Lipinski definition) is 1. The molecule has 2 aromatic carbocycles. The van der Waals surface area contributed by atoms with E-state index in [4.69, 9.17) is 23.2 Å². The Morgan fingerprint density at radius 1 is 1.10 bits per heavy atom. The molecular weight excluding hydrogens is 369 g/mol. The molecule has 1 nitrogen and oxygen atoms in total. The molecule has 2 aromatic rings. The maximum absolute atomic E-state index is 6.29. The first-order valence-corrected chi connectivity index (χ1v) is 8.67. The van der Waals surface area contributed by atoms with Crippen molar-refractivity contribution in [3.8, 4) is 0 Å². The first-order chi connectivity index (χ1) is 10.2. The number of nitrogens with one attached hydrogen (secondary N) is 1. The van der Waals surface area contributed by atoms with Gasteiger partial charge in [0, 0.05) is 16.9 Å². The maximum atomic E-state index is 6.29. The molecule has 1 aliphatic rings. The van der Waals surface area contributed by atoms with Crippen molar-refractivity contribution >= 4 is 44.8 Å². The van der Waals surface area contributed by atoms with Crippen LogP contribution < -0.4 is 5.32 Å². The van der Waals surface area contributed by atoms with Crippen molar-refractivity contribution in [1.29, 1.82) is 0 Å². The van der Waals surface area contributed by atoms with Gasteiger partial charge in [-0.3, -0.25) is 0 Å². The molecule has 0 bridgehead atoms. The van der Waals surface area contributed by atoms with E-state index in [0.717, 1.165) is 16.7 Å². The summed E-state index contributed by atoms with van der Waals surface area (Å²) < 4.78 is 0.822. The molecule has 1 N–H and O–H groups in total. The molecular formula is C17H16BrCl2N. The van der Waals surface area contributed by atoms with Crippen molar-refractivity contribution in [1.82, 2.24) is 0 Å². The van der Waals surface area contributed by atoms with Crippen molar-refractivity contribution in [3.63, 3.8) is 0 Å². The number of rotatable bonds is 3. The first-order valence-electron chi connectivity index (χ1n) is 7.12. The molecule has 1 unspecified atom stereocenters. The minimum Gasteiger partial charge on any atom is -0.383 e. The summed E-state index contributed by atoms with van der Waals surface area (Å²) in [4.78, 5) is 0. The summed E-state index contributed by atoms with van der Waals surface area (Å²) in [5, 5.41) is 4.59. The number of fused-ring (bicyclic) bond motifs is 1. The molecule has 21 heavy (non-hydrogen) atoms. The van der Waals surface area contributed by atoms with Crippen LogP contribution in [0.25, 0.3) is 0 Å². The van der Waals surface area contributed by atoms with E-state index in [0.29, 0.717) is 16.0 Å². The van der Waals surface area contributed by atoms with Crippen LogP contribution in [0.5, 0.6) is 0 Å². The molecule has 1 aliphatic carbocycles. The molecule has 110 valence electrons. The lowest BCUT2D eigenvalue weighted by atomic mass is 9.83. The summed E-state index contributed by atoms with van der Waals surface area (Å²) in [6.07, 6.45) is 3.65. The molecule has 0 spiro atoms.